The largest absolute Gasteiger partial charge is 0.488 e. The van der Waals surface area contributed by atoms with Gasteiger partial charge < -0.3 is 25.6 Å². The number of rotatable bonds is 6. The molecule has 1 aliphatic carbocycles. The predicted octanol–water partition coefficient (Wildman–Crippen LogP) is 2.47. The van der Waals surface area contributed by atoms with Crippen LogP contribution in [0.3, 0.4) is 0 Å². The number of benzene rings is 3. The molecule has 36 heavy (non-hydrogen) atoms. The molecule has 0 saturated carbocycles. The second kappa shape index (κ2) is 9.43. The Morgan fingerprint density at radius 2 is 1.72 bits per heavy atom. The molecule has 0 amide bonds. The van der Waals surface area contributed by atoms with Gasteiger partial charge in [0, 0.05) is 34.7 Å². The van der Waals surface area contributed by atoms with Gasteiger partial charge in [0.2, 0.25) is 0 Å². The molecule has 178 valence electrons. The molecule has 8 heteroatoms. The zero-order valence-corrected chi connectivity index (χ0v) is 19.1. The Morgan fingerprint density at radius 1 is 0.972 bits per heavy atom. The number of hydrogen-bond donors (Lipinski definition) is 4. The minimum Gasteiger partial charge on any atom is -0.478 e. The lowest BCUT2D eigenvalue weighted by Crippen LogP contribution is -2.29. The molecule has 0 saturated heterocycles. The van der Waals surface area contributed by atoms with Gasteiger partial charge in [0.25, 0.3) is 0 Å². The van der Waals surface area contributed by atoms with Gasteiger partial charge >= 0.3 is 13.1 Å². The smallest absolute Gasteiger partial charge is 0.478 e. The van der Waals surface area contributed by atoms with Crippen molar-refractivity contribution < 1.29 is 29.5 Å². The first-order chi connectivity index (χ1) is 17.3. The normalized spacial score (nSPS) is 16.0. The molecule has 1 atom stereocenters. The van der Waals surface area contributed by atoms with E-state index < -0.39 is 13.1 Å². The van der Waals surface area contributed by atoms with Crippen molar-refractivity contribution in [2.45, 2.75) is 12.5 Å². The average Bonchev–Trinajstić information content (AvgIpc) is 2.87. The van der Waals surface area contributed by atoms with E-state index in [2.05, 4.69) is 0 Å². The van der Waals surface area contributed by atoms with Gasteiger partial charge in [0.15, 0.2) is 5.78 Å². The van der Waals surface area contributed by atoms with E-state index in [-0.39, 0.29) is 23.8 Å². The summed E-state index contributed by atoms with van der Waals surface area (Å²) in [4.78, 5) is 24.8. The Morgan fingerprint density at radius 3 is 2.44 bits per heavy atom. The van der Waals surface area contributed by atoms with Crippen LogP contribution in [-0.2, 0) is 6.42 Å². The molecule has 5 rings (SSSR count). The lowest BCUT2D eigenvalue weighted by Gasteiger charge is -2.28. The van der Waals surface area contributed by atoms with Crippen LogP contribution in [-0.4, -0.2) is 40.1 Å². The SMILES string of the molecule is NC1C=CC2=C(c3ccccc3C(=O)O)c3ccc(CC(=O)c4ccc(B(O)O)cc4)cc3OC2=C1. The number of carboxylic acid groups (broad SMARTS) is 1. The number of Topliss-reactive ketones (excluding diaryl/α,β-unsaturated/α-hetero) is 1. The number of carbonyl (C=O) groups is 2. The summed E-state index contributed by atoms with van der Waals surface area (Å²) in [6.45, 7) is 0. The highest BCUT2D eigenvalue weighted by molar-refractivity contribution is 6.58. The number of hydrogen-bond acceptors (Lipinski definition) is 6. The van der Waals surface area contributed by atoms with Crippen LogP contribution in [0.1, 0.15) is 37.4 Å². The summed E-state index contributed by atoms with van der Waals surface area (Å²) in [6, 6.07) is 18.0. The molecular weight excluding hydrogens is 457 g/mol. The maximum atomic E-state index is 12.9. The van der Waals surface area contributed by atoms with Gasteiger partial charge in [-0.3, -0.25) is 4.79 Å². The molecule has 0 spiro atoms. The van der Waals surface area contributed by atoms with Crippen molar-refractivity contribution in [3.63, 3.8) is 0 Å². The molecule has 5 N–H and O–H groups in total. The van der Waals surface area contributed by atoms with E-state index in [4.69, 9.17) is 10.5 Å². The van der Waals surface area contributed by atoms with E-state index in [1.54, 1.807) is 48.5 Å². The van der Waals surface area contributed by atoms with Crippen molar-refractivity contribution in [2.75, 3.05) is 0 Å². The Bertz CT molecular complexity index is 1470. The minimum atomic E-state index is -1.59. The van der Waals surface area contributed by atoms with Crippen LogP contribution in [0.2, 0.25) is 0 Å². The monoisotopic (exact) mass is 479 g/mol. The van der Waals surface area contributed by atoms with E-state index in [9.17, 15) is 24.7 Å². The molecule has 0 aromatic heterocycles. The second-order valence-electron chi connectivity index (χ2n) is 8.64. The molecule has 2 aliphatic rings. The Balaban J connectivity index is 1.54. The van der Waals surface area contributed by atoms with Crippen LogP contribution in [0.15, 0.2) is 96.3 Å². The lowest BCUT2D eigenvalue weighted by molar-refractivity contribution is 0.0696. The van der Waals surface area contributed by atoms with Gasteiger partial charge in [0.05, 0.1) is 5.56 Å². The molecule has 0 fully saturated rings. The van der Waals surface area contributed by atoms with Crippen LogP contribution in [0.4, 0.5) is 0 Å². The number of carboxylic acids is 1. The van der Waals surface area contributed by atoms with Gasteiger partial charge in [0.1, 0.15) is 11.5 Å². The molecular formula is C28H22BNO6. The van der Waals surface area contributed by atoms with Crippen molar-refractivity contribution >= 4 is 29.9 Å². The van der Waals surface area contributed by atoms with E-state index in [1.807, 2.05) is 24.3 Å². The van der Waals surface area contributed by atoms with Crippen molar-refractivity contribution in [1.29, 1.82) is 0 Å². The Hall–Kier alpha value is -4.24. The zero-order valence-electron chi connectivity index (χ0n) is 19.1. The van der Waals surface area contributed by atoms with E-state index in [0.717, 1.165) is 16.7 Å². The fourth-order valence-corrected chi connectivity index (χ4v) is 4.44. The molecule has 0 radical (unpaired) electrons. The first-order valence-electron chi connectivity index (χ1n) is 11.3. The van der Waals surface area contributed by atoms with Crippen molar-refractivity contribution in [2.24, 2.45) is 5.73 Å². The molecule has 1 aliphatic heterocycles. The highest BCUT2D eigenvalue weighted by atomic mass is 16.5. The fraction of sp³-hybridized carbons (Fsp3) is 0.0714. The number of allylic oxidation sites excluding steroid dienone is 1. The van der Waals surface area contributed by atoms with Crippen LogP contribution in [0, 0.1) is 0 Å². The predicted molar refractivity (Wildman–Crippen MR) is 136 cm³/mol. The second-order valence-corrected chi connectivity index (χ2v) is 8.64. The number of aromatic carboxylic acids is 1. The molecule has 7 nitrogen and oxygen atoms in total. The van der Waals surface area contributed by atoms with Crippen LogP contribution >= 0.6 is 0 Å². The van der Waals surface area contributed by atoms with Crippen molar-refractivity contribution in [3.8, 4) is 5.75 Å². The molecule has 3 aromatic rings. The topological polar surface area (TPSA) is 130 Å². The molecule has 1 heterocycles. The van der Waals surface area contributed by atoms with Crippen LogP contribution < -0.4 is 15.9 Å². The third kappa shape index (κ3) is 4.41. The van der Waals surface area contributed by atoms with Crippen LogP contribution in [0.5, 0.6) is 5.75 Å². The molecule has 1 unspecified atom stereocenters. The maximum absolute atomic E-state index is 12.9. The highest BCUT2D eigenvalue weighted by Crippen LogP contribution is 2.44. The third-order valence-corrected chi connectivity index (χ3v) is 6.22. The fourth-order valence-electron chi connectivity index (χ4n) is 4.44. The lowest BCUT2D eigenvalue weighted by atomic mass is 9.80. The molecule has 0 bridgehead atoms. The quantitative estimate of drug-likeness (QED) is 0.316. The summed E-state index contributed by atoms with van der Waals surface area (Å²) < 4.78 is 6.19. The van der Waals surface area contributed by atoms with Gasteiger partial charge in [-0.2, -0.15) is 0 Å². The Labute approximate surface area is 207 Å². The maximum Gasteiger partial charge on any atom is 0.488 e. The van der Waals surface area contributed by atoms with Gasteiger partial charge in [-0.05, 0) is 34.8 Å². The summed E-state index contributed by atoms with van der Waals surface area (Å²) in [6.07, 6.45) is 5.55. The zero-order chi connectivity index (χ0) is 25.4. The molecule has 3 aromatic carbocycles. The summed E-state index contributed by atoms with van der Waals surface area (Å²) >= 11 is 0. The van der Waals surface area contributed by atoms with Gasteiger partial charge in [-0.25, -0.2) is 4.79 Å². The van der Waals surface area contributed by atoms with Gasteiger partial charge in [-0.1, -0.05) is 66.7 Å². The number of carbonyl (C=O) groups excluding carboxylic acids is 1. The first-order valence-corrected chi connectivity index (χ1v) is 11.3. The summed E-state index contributed by atoms with van der Waals surface area (Å²) in [5, 5.41) is 28.3. The van der Waals surface area contributed by atoms with Crippen LogP contribution in [0.25, 0.3) is 5.57 Å². The summed E-state index contributed by atoms with van der Waals surface area (Å²) in [5.74, 6) is -0.129. The average molecular weight is 479 g/mol. The first kappa shape index (κ1) is 23.5. The number of ketones is 1. The third-order valence-electron chi connectivity index (χ3n) is 6.22. The van der Waals surface area contributed by atoms with Crippen molar-refractivity contribution in [3.05, 3.63) is 124 Å². The number of ether oxygens (including phenoxy) is 1. The number of nitrogens with two attached hydrogens (primary N) is 1. The summed E-state index contributed by atoms with van der Waals surface area (Å²) in [5.41, 5.74) is 10.5. The van der Waals surface area contributed by atoms with E-state index in [1.165, 1.54) is 12.1 Å². The van der Waals surface area contributed by atoms with Crippen molar-refractivity contribution in [1.82, 2.24) is 0 Å². The van der Waals surface area contributed by atoms with E-state index >= 15 is 0 Å². The minimum absolute atomic E-state index is 0.105. The van der Waals surface area contributed by atoms with Gasteiger partial charge in [-0.15, -0.1) is 0 Å². The standard InChI is InChI=1S/C28H22BNO6/c30-19-10-12-23-26(15-19)36-25-14-16(13-24(31)17-6-8-18(9-7-17)29(34)35)5-11-22(25)27(23)20-3-1-2-4-21(20)28(32)33/h1-12,14-15,19,34-35H,13,30H2,(H,32,33). The highest BCUT2D eigenvalue weighted by Gasteiger charge is 2.29. The Kier molecular flexibility index (Phi) is 6.16. The van der Waals surface area contributed by atoms with E-state index in [0.29, 0.717) is 33.7 Å². The number of fused-ring (bicyclic) bond motifs is 2. The summed E-state index contributed by atoms with van der Waals surface area (Å²) in [7, 11) is -1.59.